The zero-order valence-electron chi connectivity index (χ0n) is 15.3. The summed E-state index contributed by atoms with van der Waals surface area (Å²) in [6.45, 7) is 5.08. The lowest BCUT2D eigenvalue weighted by molar-refractivity contribution is 0.195. The number of nitrogens with zero attached hydrogens (tertiary/aromatic N) is 2. The summed E-state index contributed by atoms with van der Waals surface area (Å²) in [4.78, 5) is 8.99. The Kier molecular flexibility index (Phi) is 11.6. The summed E-state index contributed by atoms with van der Waals surface area (Å²) in [7, 11) is 1.71. The summed E-state index contributed by atoms with van der Waals surface area (Å²) in [5, 5.41) is 6.54. The molecule has 2 N–H and O–H groups in total. The number of guanidine groups is 1. The zero-order chi connectivity index (χ0) is 17.0. The number of ether oxygens (including phenoxy) is 2. The van der Waals surface area contributed by atoms with E-state index in [1.807, 2.05) is 18.3 Å². The van der Waals surface area contributed by atoms with Gasteiger partial charge >= 0.3 is 0 Å². The Labute approximate surface area is 168 Å². The number of pyridine rings is 1. The molecule has 2 rings (SSSR count). The molecule has 142 valence electrons. The maximum absolute atomic E-state index is 5.89. The highest BCUT2D eigenvalue weighted by Crippen LogP contribution is 2.22. The molecule has 0 unspecified atom stereocenters. The average molecular weight is 462 g/mol. The van der Waals surface area contributed by atoms with Crippen molar-refractivity contribution >= 4 is 29.9 Å². The number of aromatic nitrogens is 1. The third kappa shape index (κ3) is 8.71. The van der Waals surface area contributed by atoms with Gasteiger partial charge in [0.2, 0.25) is 5.88 Å². The SMILES string of the molecule is CCNC(=NCc1ccc(OC2CCCC2)nc1)NCCCOC.I. The van der Waals surface area contributed by atoms with Crippen molar-refractivity contribution in [1.82, 2.24) is 15.6 Å². The van der Waals surface area contributed by atoms with Crippen molar-refractivity contribution in [2.45, 2.75) is 51.7 Å². The quantitative estimate of drug-likeness (QED) is 0.256. The summed E-state index contributed by atoms with van der Waals surface area (Å²) in [6, 6.07) is 3.98. The van der Waals surface area contributed by atoms with Gasteiger partial charge in [0.05, 0.1) is 6.54 Å². The topological polar surface area (TPSA) is 67.8 Å². The minimum Gasteiger partial charge on any atom is -0.474 e. The van der Waals surface area contributed by atoms with Gasteiger partial charge in [0.1, 0.15) is 6.10 Å². The second-order valence-electron chi connectivity index (χ2n) is 6.00. The van der Waals surface area contributed by atoms with E-state index in [1.165, 1.54) is 12.8 Å². The Hall–Kier alpha value is -1.09. The van der Waals surface area contributed by atoms with E-state index in [0.29, 0.717) is 12.6 Å². The standard InChI is InChI=1S/C18H30N4O2.HI/c1-3-19-18(20-11-6-12-23-2)22-14-15-9-10-17(21-13-15)24-16-7-4-5-8-16;/h9-10,13,16H,3-8,11-12,14H2,1-2H3,(H2,19,20,22);1H. The predicted molar refractivity (Wildman–Crippen MR) is 112 cm³/mol. The van der Waals surface area contributed by atoms with E-state index in [0.717, 1.165) is 56.4 Å². The van der Waals surface area contributed by atoms with Gasteiger partial charge in [-0.2, -0.15) is 0 Å². The molecule has 1 aliphatic rings. The molecule has 7 heteroatoms. The normalized spacial score (nSPS) is 14.9. The van der Waals surface area contributed by atoms with Crippen LogP contribution >= 0.6 is 24.0 Å². The van der Waals surface area contributed by atoms with Crippen molar-refractivity contribution in [2.24, 2.45) is 4.99 Å². The first-order valence-corrected chi connectivity index (χ1v) is 8.94. The number of hydrogen-bond donors (Lipinski definition) is 2. The fraction of sp³-hybridized carbons (Fsp3) is 0.667. The summed E-state index contributed by atoms with van der Waals surface area (Å²) in [6.07, 6.45) is 7.98. The third-order valence-electron chi connectivity index (χ3n) is 3.97. The lowest BCUT2D eigenvalue weighted by Crippen LogP contribution is -2.38. The second-order valence-corrected chi connectivity index (χ2v) is 6.00. The molecule has 0 amide bonds. The monoisotopic (exact) mass is 462 g/mol. The summed E-state index contributed by atoms with van der Waals surface area (Å²) < 4.78 is 10.9. The van der Waals surface area contributed by atoms with Crippen LogP contribution in [0.4, 0.5) is 0 Å². The largest absolute Gasteiger partial charge is 0.474 e. The van der Waals surface area contributed by atoms with Gasteiger partial charge in [-0.15, -0.1) is 24.0 Å². The van der Waals surface area contributed by atoms with E-state index in [1.54, 1.807) is 7.11 Å². The van der Waals surface area contributed by atoms with E-state index < -0.39 is 0 Å². The van der Waals surface area contributed by atoms with E-state index in [4.69, 9.17) is 9.47 Å². The van der Waals surface area contributed by atoms with Crippen LogP contribution in [0.1, 0.15) is 44.6 Å². The van der Waals surface area contributed by atoms with Crippen LogP contribution < -0.4 is 15.4 Å². The van der Waals surface area contributed by atoms with Crippen molar-refractivity contribution in [3.63, 3.8) is 0 Å². The molecule has 1 aromatic rings. The van der Waals surface area contributed by atoms with Crippen LogP contribution in [-0.4, -0.2) is 43.9 Å². The molecule has 0 aromatic carbocycles. The van der Waals surface area contributed by atoms with Crippen molar-refractivity contribution in [3.8, 4) is 5.88 Å². The summed E-state index contributed by atoms with van der Waals surface area (Å²) >= 11 is 0. The lowest BCUT2D eigenvalue weighted by Gasteiger charge is -2.12. The van der Waals surface area contributed by atoms with E-state index in [-0.39, 0.29) is 24.0 Å². The molecule has 0 radical (unpaired) electrons. The number of hydrogen-bond acceptors (Lipinski definition) is 4. The number of aliphatic imine (C=N–C) groups is 1. The van der Waals surface area contributed by atoms with Gasteiger partial charge in [-0.1, -0.05) is 6.07 Å². The highest BCUT2D eigenvalue weighted by Gasteiger charge is 2.16. The minimum absolute atomic E-state index is 0. The first kappa shape index (κ1) is 22.0. The Bertz CT molecular complexity index is 490. The van der Waals surface area contributed by atoms with Crippen molar-refractivity contribution < 1.29 is 9.47 Å². The zero-order valence-corrected chi connectivity index (χ0v) is 17.6. The van der Waals surface area contributed by atoms with Crippen molar-refractivity contribution in [1.29, 1.82) is 0 Å². The second kappa shape index (κ2) is 13.2. The van der Waals surface area contributed by atoms with Crippen LogP contribution in [0.3, 0.4) is 0 Å². The lowest BCUT2D eigenvalue weighted by atomic mass is 10.3. The average Bonchev–Trinajstić information content (AvgIpc) is 3.11. The molecule has 0 bridgehead atoms. The van der Waals surface area contributed by atoms with E-state index in [2.05, 4.69) is 27.5 Å². The first-order valence-electron chi connectivity index (χ1n) is 8.94. The molecule has 1 fully saturated rings. The Morgan fingerprint density at radius 1 is 1.28 bits per heavy atom. The Balaban J connectivity index is 0.00000312. The number of halogens is 1. The Morgan fingerprint density at radius 3 is 2.72 bits per heavy atom. The van der Waals surface area contributed by atoms with Crippen LogP contribution in [0.15, 0.2) is 23.3 Å². The third-order valence-corrected chi connectivity index (χ3v) is 3.97. The first-order chi connectivity index (χ1) is 11.8. The number of methoxy groups -OCH3 is 1. The molecule has 0 atom stereocenters. The number of nitrogens with one attached hydrogen (secondary N) is 2. The smallest absolute Gasteiger partial charge is 0.213 e. The molecule has 1 aliphatic carbocycles. The molecule has 0 aliphatic heterocycles. The molecular formula is C18H31IN4O2. The highest BCUT2D eigenvalue weighted by atomic mass is 127. The molecule has 1 aromatic heterocycles. The van der Waals surface area contributed by atoms with Crippen molar-refractivity contribution in [3.05, 3.63) is 23.9 Å². The molecule has 0 saturated heterocycles. The van der Waals surface area contributed by atoms with Crippen LogP contribution in [-0.2, 0) is 11.3 Å². The molecule has 1 saturated carbocycles. The van der Waals surface area contributed by atoms with Gasteiger partial charge in [0.15, 0.2) is 5.96 Å². The summed E-state index contributed by atoms with van der Waals surface area (Å²) in [5.74, 6) is 1.54. The highest BCUT2D eigenvalue weighted by molar-refractivity contribution is 14.0. The maximum Gasteiger partial charge on any atom is 0.213 e. The van der Waals surface area contributed by atoms with Gasteiger partial charge in [0.25, 0.3) is 0 Å². The van der Waals surface area contributed by atoms with Gasteiger partial charge in [-0.3, -0.25) is 0 Å². The van der Waals surface area contributed by atoms with Crippen LogP contribution in [0.25, 0.3) is 0 Å². The molecule has 1 heterocycles. The van der Waals surface area contributed by atoms with Crippen LogP contribution in [0.5, 0.6) is 5.88 Å². The predicted octanol–water partition coefficient (Wildman–Crippen LogP) is 3.11. The molecule has 0 spiro atoms. The number of rotatable bonds is 9. The van der Waals surface area contributed by atoms with Crippen LogP contribution in [0.2, 0.25) is 0 Å². The fourth-order valence-corrected chi connectivity index (χ4v) is 2.69. The minimum atomic E-state index is 0. The molecule has 25 heavy (non-hydrogen) atoms. The van der Waals surface area contributed by atoms with Crippen LogP contribution in [0, 0.1) is 0 Å². The molecular weight excluding hydrogens is 431 g/mol. The summed E-state index contributed by atoms with van der Waals surface area (Å²) in [5.41, 5.74) is 1.07. The van der Waals surface area contributed by atoms with E-state index in [9.17, 15) is 0 Å². The molecule has 6 nitrogen and oxygen atoms in total. The van der Waals surface area contributed by atoms with E-state index >= 15 is 0 Å². The van der Waals surface area contributed by atoms with Gasteiger partial charge in [0, 0.05) is 39.1 Å². The fourth-order valence-electron chi connectivity index (χ4n) is 2.69. The van der Waals surface area contributed by atoms with Crippen molar-refractivity contribution in [2.75, 3.05) is 26.8 Å². The van der Waals surface area contributed by atoms with Gasteiger partial charge < -0.3 is 20.1 Å². The van der Waals surface area contributed by atoms with Gasteiger partial charge in [-0.25, -0.2) is 9.98 Å². The maximum atomic E-state index is 5.89. The van der Waals surface area contributed by atoms with Gasteiger partial charge in [-0.05, 0) is 44.6 Å². The Morgan fingerprint density at radius 2 is 2.08 bits per heavy atom.